The summed E-state index contributed by atoms with van der Waals surface area (Å²) >= 11 is 12.3. The van der Waals surface area contributed by atoms with Crippen molar-refractivity contribution in [3.8, 4) is 33.8 Å². The van der Waals surface area contributed by atoms with Crippen molar-refractivity contribution in [2.75, 3.05) is 84.1 Å². The molecule has 3 fully saturated rings. The highest BCUT2D eigenvalue weighted by Gasteiger charge is 2.30. The Kier molecular flexibility index (Phi) is 25.6. The molecule has 32 nitrogen and oxygen atoms in total. The summed E-state index contributed by atoms with van der Waals surface area (Å²) in [6, 6.07) is 30.0. The summed E-state index contributed by atoms with van der Waals surface area (Å²) in [5.74, 6) is -2.91. The van der Waals surface area contributed by atoms with Crippen LogP contribution in [-0.2, 0) is 30.1 Å². The van der Waals surface area contributed by atoms with E-state index in [4.69, 9.17) is 38.2 Å². The Balaban J connectivity index is 0.000000140. The van der Waals surface area contributed by atoms with E-state index in [1.54, 1.807) is 80.4 Å². The lowest BCUT2D eigenvalue weighted by Gasteiger charge is -2.34. The zero-order valence-corrected chi connectivity index (χ0v) is 70.9. The Morgan fingerprint density at radius 2 is 0.780 bits per heavy atom. The van der Waals surface area contributed by atoms with E-state index < -0.39 is 79.7 Å². The largest absolute Gasteiger partial charge is 0.370 e. The highest BCUT2D eigenvalue weighted by molar-refractivity contribution is 7.93. The second-order valence-electron chi connectivity index (χ2n) is 29.4. The molecular weight excluding hydrogens is 1750 g/mol. The van der Waals surface area contributed by atoms with E-state index in [0.29, 0.717) is 108 Å². The van der Waals surface area contributed by atoms with E-state index in [9.17, 15) is 51.6 Å². The molecule has 43 heteroatoms. The van der Waals surface area contributed by atoms with Crippen molar-refractivity contribution in [2.24, 2.45) is 0 Å². The molecular formula is C84H72Cl2F6N26O6S3. The van der Waals surface area contributed by atoms with Crippen molar-refractivity contribution < 1.29 is 51.6 Å². The first-order chi connectivity index (χ1) is 61.2. The average molecular weight is 1820 g/mol. The van der Waals surface area contributed by atoms with Gasteiger partial charge in [0.25, 0.3) is 30.1 Å². The molecule has 0 bridgehead atoms. The van der Waals surface area contributed by atoms with Gasteiger partial charge in [-0.25, -0.2) is 111 Å². The third-order valence-electron chi connectivity index (χ3n) is 20.9. The molecule has 15 aromatic rings. The minimum absolute atomic E-state index is 0.0945. The van der Waals surface area contributed by atoms with Gasteiger partial charge in [0.1, 0.15) is 90.9 Å². The Labute approximate surface area is 731 Å². The van der Waals surface area contributed by atoms with Gasteiger partial charge in [0, 0.05) is 135 Å². The molecule has 3 aliphatic heterocycles. The van der Waals surface area contributed by atoms with E-state index in [1.165, 1.54) is 43.5 Å². The topological polar surface area (TPSA) is 403 Å². The minimum atomic E-state index is -4.44. The number of aryl methyl sites for hydroxylation is 2. The predicted octanol–water partition coefficient (Wildman–Crippen LogP) is 14.6. The van der Waals surface area contributed by atoms with Crippen molar-refractivity contribution in [1.29, 1.82) is 0 Å². The van der Waals surface area contributed by atoms with Crippen molar-refractivity contribution in [3.63, 3.8) is 0 Å². The smallest absolute Gasteiger partial charge is 0.264 e. The maximum Gasteiger partial charge on any atom is 0.264 e. The first-order valence-electron chi connectivity index (χ1n) is 39.3. The van der Waals surface area contributed by atoms with Crippen LogP contribution in [0, 0.1) is 48.8 Å². The van der Waals surface area contributed by atoms with E-state index in [2.05, 4.69) is 121 Å². The summed E-state index contributed by atoms with van der Waals surface area (Å²) in [7, 11) is -13.2. The summed E-state index contributed by atoms with van der Waals surface area (Å²) in [4.78, 5) is 70.6. The van der Waals surface area contributed by atoms with Gasteiger partial charge in [-0.3, -0.25) is 29.1 Å². The summed E-state index contributed by atoms with van der Waals surface area (Å²) in [6.45, 7) is 8.53. The number of aromatic nitrogens is 17. The summed E-state index contributed by atoms with van der Waals surface area (Å²) in [6.07, 6.45) is 22.7. The second-order valence-corrected chi connectivity index (χ2v) is 35.1. The zero-order chi connectivity index (χ0) is 88.7. The molecule has 0 atom stereocenters. The molecule has 3 aromatic carbocycles. The number of sulfonamides is 3. The number of anilines is 9. The number of benzene rings is 3. The molecule has 15 heterocycles. The maximum absolute atomic E-state index is 14.2. The van der Waals surface area contributed by atoms with Crippen LogP contribution in [0.2, 0.25) is 10.3 Å². The van der Waals surface area contributed by atoms with Crippen LogP contribution < -0.4 is 44.8 Å². The molecule has 0 aliphatic carbocycles. The third kappa shape index (κ3) is 20.4. The number of piperidine rings is 3. The highest BCUT2D eigenvalue weighted by Crippen LogP contribution is 2.36. The Morgan fingerprint density at radius 1 is 0.378 bits per heavy atom. The average Bonchev–Trinajstić information content (AvgIpc) is 0.796. The molecule has 127 heavy (non-hydrogen) atoms. The number of halogens is 8. The van der Waals surface area contributed by atoms with Gasteiger partial charge >= 0.3 is 0 Å². The van der Waals surface area contributed by atoms with Gasteiger partial charge in [0.15, 0.2) is 33.6 Å². The van der Waals surface area contributed by atoms with E-state index >= 15 is 0 Å². The first-order valence-corrected chi connectivity index (χ1v) is 44.5. The van der Waals surface area contributed by atoms with E-state index in [0.717, 1.165) is 137 Å². The molecule has 648 valence electrons. The predicted molar refractivity (Wildman–Crippen MR) is 468 cm³/mol. The van der Waals surface area contributed by atoms with Crippen molar-refractivity contribution >= 4 is 138 Å². The standard InChI is InChI=1S/C29H25ClF2N8O2S.C28H25F2N9O2S.C27H22ClF2N9O2S/c1-17-2-4-21(15-33-17)40-10-8-20(9-11-40)37-29-27-24(35-16-36-29)6-5-23(38-27)18-12-25(28(30)34-14-18)39-43(41,42)26-7-3-19(31)13-22(26)32;1-17-24(38-42(40,41)25-7-4-19(29)14-21(25)30)13-18(15-31-17)22-5-6-23-27(36-22)28(33-16-32-23)35-20-8-11-39(12-9-20)26-3-2-10-34-37-26;28-26-22(38-42(40,41)23-4-1-17(29)12-19(23)30)11-16(13-33-26)20-2-3-21-25(37-20)27(35-15-34-21)36-18-5-9-39(10-6-18)24-14-31-7-8-32-24/h2-7,12-16,20,39H,8-11H2,1H3,(H,35,36,37);2-7,10,13-16,20,38H,8-9,11-12H2,1H3,(H,32,33,35);1-4,7-8,11-15,18,38H,5-6,9-10H2,(H,34,35,36). The van der Waals surface area contributed by atoms with Crippen LogP contribution >= 0.6 is 23.2 Å². The number of hydrogen-bond donors (Lipinski definition) is 6. The third-order valence-corrected chi connectivity index (χ3v) is 25.7. The lowest BCUT2D eigenvalue weighted by Crippen LogP contribution is -2.39. The molecule has 0 saturated carbocycles. The van der Waals surface area contributed by atoms with Crippen LogP contribution in [0.5, 0.6) is 0 Å². The highest BCUT2D eigenvalue weighted by atomic mass is 35.5. The Hall–Kier alpha value is -13.9. The van der Waals surface area contributed by atoms with Crippen molar-refractivity contribution in [3.05, 3.63) is 259 Å². The molecule has 18 rings (SSSR count). The molecule has 3 saturated heterocycles. The fourth-order valence-corrected chi connectivity index (χ4v) is 18.1. The maximum atomic E-state index is 14.2. The number of pyridine rings is 7. The molecule has 0 radical (unpaired) electrons. The van der Waals surface area contributed by atoms with Gasteiger partial charge in [-0.15, -0.1) is 5.10 Å². The lowest BCUT2D eigenvalue weighted by atomic mass is 10.0. The van der Waals surface area contributed by atoms with Crippen LogP contribution in [0.15, 0.2) is 217 Å². The number of rotatable bonds is 21. The number of nitrogens with one attached hydrogen (secondary N) is 6. The molecule has 6 N–H and O–H groups in total. The molecule has 3 aliphatic rings. The fraction of sp³-hybridized carbons (Fsp3) is 0.202. The van der Waals surface area contributed by atoms with Crippen molar-refractivity contribution in [2.45, 2.75) is 85.2 Å². The molecule has 0 spiro atoms. The minimum Gasteiger partial charge on any atom is -0.370 e. The number of fused-ring (bicyclic) bond motifs is 3. The van der Waals surface area contributed by atoms with Crippen LogP contribution in [0.1, 0.15) is 49.9 Å². The van der Waals surface area contributed by atoms with E-state index in [1.807, 2.05) is 31.3 Å². The van der Waals surface area contributed by atoms with Gasteiger partial charge < -0.3 is 30.7 Å². The Morgan fingerprint density at radius 3 is 1.17 bits per heavy atom. The second kappa shape index (κ2) is 37.5. The lowest BCUT2D eigenvalue weighted by molar-refractivity contribution is 0.521. The normalized spacial score (nSPS) is 14.2. The zero-order valence-electron chi connectivity index (χ0n) is 66.9. The first kappa shape index (κ1) is 86.6. The fourth-order valence-electron chi connectivity index (χ4n) is 14.3. The summed E-state index contributed by atoms with van der Waals surface area (Å²) < 4.78 is 167. The van der Waals surface area contributed by atoms with Gasteiger partial charge in [-0.1, -0.05) is 23.2 Å². The molecule has 0 amide bonds. The number of hydrogen-bond acceptors (Lipinski definition) is 29. The van der Waals surface area contributed by atoms with Gasteiger partial charge in [-0.05, 0) is 168 Å². The van der Waals surface area contributed by atoms with Gasteiger partial charge in [0.05, 0.1) is 74.5 Å². The number of nitrogens with zero attached hydrogens (tertiary/aromatic N) is 20. The van der Waals surface area contributed by atoms with Crippen LogP contribution in [0.25, 0.3) is 66.9 Å². The van der Waals surface area contributed by atoms with Gasteiger partial charge in [0.2, 0.25) is 0 Å². The quantitative estimate of drug-likeness (QED) is 0.0287. The monoisotopic (exact) mass is 1820 g/mol. The van der Waals surface area contributed by atoms with Gasteiger partial charge in [-0.2, -0.15) is 5.10 Å². The van der Waals surface area contributed by atoms with E-state index in [-0.39, 0.29) is 45.5 Å². The molecule has 12 aromatic heterocycles. The summed E-state index contributed by atoms with van der Waals surface area (Å²) in [5.41, 5.74) is 8.71. The van der Waals surface area contributed by atoms with Crippen LogP contribution in [0.4, 0.5) is 78.2 Å². The molecule has 0 unspecified atom stereocenters. The Bertz CT molecular complexity index is 6700. The SMILES string of the molecule is Cc1ccc(N2CCC(Nc3ncnc4ccc(-c5cnc(Cl)c(NS(=O)(=O)c6ccc(F)cc6F)c5)nc34)CC2)cn1.Cc1ncc(-c2ccc3ncnc(NC4CCN(c5cccnn5)CC4)c3n2)cc1NS(=O)(=O)c1ccc(F)cc1F.O=S(=O)(Nc1cc(-c2ccc3ncnc(NC4CCN(c5cnccn5)CC4)c3n2)cnc1Cl)c1ccc(F)cc1F. The van der Waals surface area contributed by atoms with Crippen LogP contribution in [-0.4, -0.2) is 168 Å². The van der Waals surface area contributed by atoms with Crippen LogP contribution in [0.3, 0.4) is 0 Å². The van der Waals surface area contributed by atoms with Crippen molar-refractivity contribution in [1.82, 2.24) is 85.0 Å². The summed E-state index contributed by atoms with van der Waals surface area (Å²) in [5, 5.41) is 18.3.